The lowest BCUT2D eigenvalue weighted by Gasteiger charge is -2.18. The summed E-state index contributed by atoms with van der Waals surface area (Å²) in [7, 11) is 0. The van der Waals surface area contributed by atoms with Crippen molar-refractivity contribution >= 4 is 22.6 Å². The number of nitrogens with zero attached hydrogens (tertiary/aromatic N) is 2. The monoisotopic (exact) mass is 279 g/mol. The molecule has 1 heterocycles. The van der Waals surface area contributed by atoms with Gasteiger partial charge in [-0.3, -0.25) is 4.68 Å². The molecule has 12 heavy (non-hydrogen) atoms. The van der Waals surface area contributed by atoms with Crippen LogP contribution in [0.3, 0.4) is 0 Å². The molecule has 0 amide bonds. The maximum Gasteiger partial charge on any atom is 0.0664 e. The molecule has 0 saturated heterocycles. The molecule has 4 heteroatoms. The zero-order chi connectivity index (χ0) is 9.14. The molecule has 0 spiro atoms. The Morgan fingerprint density at radius 1 is 1.67 bits per heavy atom. The van der Waals surface area contributed by atoms with Gasteiger partial charge in [-0.15, -0.1) is 0 Å². The van der Waals surface area contributed by atoms with Gasteiger partial charge in [0.25, 0.3) is 0 Å². The Kier molecular flexibility index (Phi) is 3.52. The average molecular weight is 279 g/mol. The average Bonchev–Trinajstić information content (AvgIpc) is 2.37. The highest BCUT2D eigenvalue weighted by atomic mass is 127. The van der Waals surface area contributed by atoms with E-state index in [1.165, 1.54) is 0 Å². The van der Waals surface area contributed by atoms with Crippen LogP contribution in [-0.4, -0.2) is 16.3 Å². The van der Waals surface area contributed by atoms with Crippen molar-refractivity contribution in [3.05, 3.63) is 16.0 Å². The fourth-order valence-corrected chi connectivity index (χ4v) is 1.59. The van der Waals surface area contributed by atoms with Crippen molar-refractivity contribution in [1.82, 2.24) is 9.78 Å². The molecule has 0 bridgehead atoms. The molecule has 1 aromatic heterocycles. The van der Waals surface area contributed by atoms with Crippen molar-refractivity contribution in [2.75, 3.05) is 6.54 Å². The summed E-state index contributed by atoms with van der Waals surface area (Å²) >= 11 is 2.25. The zero-order valence-corrected chi connectivity index (χ0v) is 9.52. The minimum Gasteiger partial charge on any atom is -0.328 e. The molecule has 0 aromatic carbocycles. The second-order valence-corrected chi connectivity index (χ2v) is 4.43. The predicted octanol–water partition coefficient (Wildman–Crippen LogP) is 1.64. The second kappa shape index (κ2) is 4.23. The van der Waals surface area contributed by atoms with Crippen molar-refractivity contribution in [1.29, 1.82) is 0 Å². The minimum atomic E-state index is 0.327. The molecule has 1 atom stereocenters. The summed E-state index contributed by atoms with van der Waals surface area (Å²) in [4.78, 5) is 0. The first-order valence-corrected chi connectivity index (χ1v) is 5.12. The Labute approximate surface area is 86.5 Å². The van der Waals surface area contributed by atoms with E-state index in [0.29, 0.717) is 18.5 Å². The maximum atomic E-state index is 5.65. The predicted molar refractivity (Wildman–Crippen MR) is 57.9 cm³/mol. The molecule has 0 fully saturated rings. The number of rotatable bonds is 3. The van der Waals surface area contributed by atoms with Crippen LogP contribution in [0.2, 0.25) is 0 Å². The fraction of sp³-hybridized carbons (Fsp3) is 0.625. The summed E-state index contributed by atoms with van der Waals surface area (Å²) in [5.74, 6) is 0.533. The standard InChI is InChI=1S/C8H14IN3/c1-6(2)8(3-10)12-5-7(9)4-11-12/h4-6,8H,3,10H2,1-2H3. The third kappa shape index (κ3) is 2.20. The largest absolute Gasteiger partial charge is 0.328 e. The van der Waals surface area contributed by atoms with Crippen molar-refractivity contribution in [3.8, 4) is 0 Å². The quantitative estimate of drug-likeness (QED) is 0.855. The molecule has 0 aliphatic carbocycles. The first-order chi connectivity index (χ1) is 5.65. The molecule has 0 radical (unpaired) electrons. The van der Waals surface area contributed by atoms with Gasteiger partial charge in [0, 0.05) is 12.7 Å². The van der Waals surface area contributed by atoms with Crippen LogP contribution < -0.4 is 5.73 Å². The van der Waals surface area contributed by atoms with E-state index in [-0.39, 0.29) is 0 Å². The van der Waals surface area contributed by atoms with Gasteiger partial charge < -0.3 is 5.73 Å². The lowest BCUT2D eigenvalue weighted by Crippen LogP contribution is -2.24. The number of halogens is 1. The summed E-state index contributed by atoms with van der Waals surface area (Å²) in [6, 6.07) is 0.327. The first kappa shape index (κ1) is 9.98. The molecule has 1 unspecified atom stereocenters. The van der Waals surface area contributed by atoms with E-state index in [4.69, 9.17) is 5.73 Å². The highest BCUT2D eigenvalue weighted by Gasteiger charge is 2.13. The van der Waals surface area contributed by atoms with Crippen LogP contribution in [-0.2, 0) is 0 Å². The van der Waals surface area contributed by atoms with Gasteiger partial charge in [0.2, 0.25) is 0 Å². The lowest BCUT2D eigenvalue weighted by molar-refractivity contribution is 0.354. The first-order valence-electron chi connectivity index (χ1n) is 4.05. The Morgan fingerprint density at radius 2 is 2.33 bits per heavy atom. The topological polar surface area (TPSA) is 43.8 Å². The maximum absolute atomic E-state index is 5.65. The van der Waals surface area contributed by atoms with Gasteiger partial charge >= 0.3 is 0 Å². The molecule has 68 valence electrons. The molecule has 0 aliphatic heterocycles. The Balaban J connectivity index is 2.80. The number of aromatic nitrogens is 2. The molecule has 1 aromatic rings. The lowest BCUT2D eigenvalue weighted by atomic mass is 10.1. The van der Waals surface area contributed by atoms with Crippen molar-refractivity contribution in [3.63, 3.8) is 0 Å². The van der Waals surface area contributed by atoms with Gasteiger partial charge in [-0.1, -0.05) is 13.8 Å². The van der Waals surface area contributed by atoms with Crippen molar-refractivity contribution < 1.29 is 0 Å². The Hall–Kier alpha value is -0.100. The van der Waals surface area contributed by atoms with Crippen LogP contribution in [0.5, 0.6) is 0 Å². The zero-order valence-electron chi connectivity index (χ0n) is 7.37. The van der Waals surface area contributed by atoms with Gasteiger partial charge in [-0.05, 0) is 28.5 Å². The molecular formula is C8H14IN3. The number of hydrogen-bond acceptors (Lipinski definition) is 2. The summed E-state index contributed by atoms with van der Waals surface area (Å²) in [5, 5.41) is 4.24. The summed E-state index contributed by atoms with van der Waals surface area (Å²) in [5.41, 5.74) is 5.65. The van der Waals surface area contributed by atoms with E-state index in [1.807, 2.05) is 17.1 Å². The molecule has 3 nitrogen and oxygen atoms in total. The van der Waals surface area contributed by atoms with E-state index in [0.717, 1.165) is 3.57 Å². The minimum absolute atomic E-state index is 0.327. The highest BCUT2D eigenvalue weighted by Crippen LogP contribution is 2.16. The molecule has 0 aliphatic rings. The van der Waals surface area contributed by atoms with Gasteiger partial charge in [-0.2, -0.15) is 5.10 Å². The van der Waals surface area contributed by atoms with Crippen LogP contribution in [0, 0.1) is 9.49 Å². The molecule has 1 rings (SSSR count). The Bertz CT molecular complexity index is 244. The summed E-state index contributed by atoms with van der Waals surface area (Å²) in [6.45, 7) is 4.97. The van der Waals surface area contributed by atoms with Crippen LogP contribution in [0.4, 0.5) is 0 Å². The van der Waals surface area contributed by atoms with E-state index in [2.05, 4.69) is 41.5 Å². The van der Waals surface area contributed by atoms with Crippen molar-refractivity contribution in [2.45, 2.75) is 19.9 Å². The van der Waals surface area contributed by atoms with Gasteiger partial charge in [0.05, 0.1) is 15.8 Å². The van der Waals surface area contributed by atoms with E-state index < -0.39 is 0 Å². The van der Waals surface area contributed by atoms with Crippen LogP contribution >= 0.6 is 22.6 Å². The molecule has 0 saturated carbocycles. The molecular weight excluding hydrogens is 265 g/mol. The SMILES string of the molecule is CC(C)C(CN)n1cc(I)cn1. The molecule has 2 N–H and O–H groups in total. The van der Waals surface area contributed by atoms with Gasteiger partial charge in [0.15, 0.2) is 0 Å². The second-order valence-electron chi connectivity index (χ2n) is 3.19. The Morgan fingerprint density at radius 3 is 2.67 bits per heavy atom. The summed E-state index contributed by atoms with van der Waals surface area (Å²) < 4.78 is 3.11. The van der Waals surface area contributed by atoms with Gasteiger partial charge in [-0.25, -0.2) is 0 Å². The van der Waals surface area contributed by atoms with Crippen molar-refractivity contribution in [2.24, 2.45) is 11.7 Å². The smallest absolute Gasteiger partial charge is 0.0664 e. The van der Waals surface area contributed by atoms with Gasteiger partial charge in [0.1, 0.15) is 0 Å². The third-order valence-electron chi connectivity index (χ3n) is 1.92. The number of hydrogen-bond donors (Lipinski definition) is 1. The van der Waals surface area contributed by atoms with Crippen LogP contribution in [0.25, 0.3) is 0 Å². The van der Waals surface area contributed by atoms with E-state index in [1.54, 1.807) is 0 Å². The summed E-state index contributed by atoms with van der Waals surface area (Å²) in [6.07, 6.45) is 3.88. The van der Waals surface area contributed by atoms with E-state index in [9.17, 15) is 0 Å². The number of nitrogens with two attached hydrogens (primary N) is 1. The van der Waals surface area contributed by atoms with Crippen LogP contribution in [0.1, 0.15) is 19.9 Å². The third-order valence-corrected chi connectivity index (χ3v) is 2.48. The highest BCUT2D eigenvalue weighted by molar-refractivity contribution is 14.1. The van der Waals surface area contributed by atoms with Crippen LogP contribution in [0.15, 0.2) is 12.4 Å². The fourth-order valence-electron chi connectivity index (χ4n) is 1.18. The normalized spacial score (nSPS) is 13.8. The van der Waals surface area contributed by atoms with E-state index >= 15 is 0 Å².